The first kappa shape index (κ1) is 16.4. The third kappa shape index (κ3) is 2.98. The van der Waals surface area contributed by atoms with Gasteiger partial charge in [0.2, 0.25) is 10.0 Å². The average Bonchev–Trinajstić information content (AvgIpc) is 2.33. The van der Waals surface area contributed by atoms with E-state index in [4.69, 9.17) is 0 Å². The van der Waals surface area contributed by atoms with Gasteiger partial charge < -0.3 is 0 Å². The Morgan fingerprint density at radius 2 is 1.52 bits per heavy atom. The van der Waals surface area contributed by atoms with Crippen LogP contribution in [-0.4, -0.2) is 49.8 Å². The lowest BCUT2D eigenvalue weighted by molar-refractivity contribution is 0.105. The minimum Gasteiger partial charge on any atom is -0.298 e. The van der Waals surface area contributed by atoms with Gasteiger partial charge in [0, 0.05) is 25.2 Å². The fourth-order valence-corrected chi connectivity index (χ4v) is 5.00. The fourth-order valence-electron chi connectivity index (χ4n) is 2.99. The first-order valence-electron chi connectivity index (χ1n) is 7.13. The van der Waals surface area contributed by atoms with Crippen molar-refractivity contribution in [3.63, 3.8) is 0 Å². The molecular formula is C15H23FN2O2S. The fraction of sp³-hybridized carbons (Fsp3) is 0.600. The standard InChI is InChI=1S/C15H23FN2O2S/c1-10-6-14(16)7-11(2)15(10)21(19,20)18-8-12(3)17(5)13(4)9-18/h6-7,12-13H,8-9H2,1-5H3. The lowest BCUT2D eigenvalue weighted by Gasteiger charge is -2.41. The highest BCUT2D eigenvalue weighted by atomic mass is 32.2. The molecule has 1 heterocycles. The quantitative estimate of drug-likeness (QED) is 0.840. The van der Waals surface area contributed by atoms with E-state index in [9.17, 15) is 12.8 Å². The number of benzene rings is 1. The highest BCUT2D eigenvalue weighted by molar-refractivity contribution is 7.89. The molecule has 2 atom stereocenters. The van der Waals surface area contributed by atoms with Gasteiger partial charge >= 0.3 is 0 Å². The van der Waals surface area contributed by atoms with Gasteiger partial charge in [-0.3, -0.25) is 4.90 Å². The molecule has 1 fully saturated rings. The number of hydrogen-bond acceptors (Lipinski definition) is 3. The number of rotatable bonds is 2. The molecule has 0 aromatic heterocycles. The Hall–Kier alpha value is -0.980. The van der Waals surface area contributed by atoms with E-state index in [-0.39, 0.29) is 17.0 Å². The molecule has 0 aliphatic carbocycles. The van der Waals surface area contributed by atoms with Gasteiger partial charge in [0.05, 0.1) is 4.90 Å². The molecule has 0 spiro atoms. The van der Waals surface area contributed by atoms with Crippen molar-refractivity contribution in [3.8, 4) is 0 Å². The number of piperazine rings is 1. The number of sulfonamides is 1. The molecule has 0 radical (unpaired) electrons. The number of likely N-dealkylation sites (N-methyl/N-ethyl adjacent to an activating group) is 1. The summed E-state index contributed by atoms with van der Waals surface area (Å²) < 4.78 is 40.8. The van der Waals surface area contributed by atoms with Crippen LogP contribution in [0.2, 0.25) is 0 Å². The summed E-state index contributed by atoms with van der Waals surface area (Å²) in [7, 11) is -1.58. The first-order chi connectivity index (χ1) is 9.64. The van der Waals surface area contributed by atoms with Crippen molar-refractivity contribution >= 4 is 10.0 Å². The minimum absolute atomic E-state index is 0.157. The second-order valence-corrected chi connectivity index (χ2v) is 7.93. The SMILES string of the molecule is Cc1cc(F)cc(C)c1S(=O)(=O)N1CC(C)N(C)C(C)C1. The molecule has 1 saturated heterocycles. The monoisotopic (exact) mass is 314 g/mol. The predicted octanol–water partition coefficient (Wildman–Crippen LogP) is 2.16. The largest absolute Gasteiger partial charge is 0.298 e. The maximum atomic E-state index is 13.4. The van der Waals surface area contributed by atoms with Gasteiger partial charge in [0.15, 0.2) is 0 Å². The first-order valence-corrected chi connectivity index (χ1v) is 8.57. The van der Waals surface area contributed by atoms with Crippen LogP contribution in [0, 0.1) is 19.7 Å². The van der Waals surface area contributed by atoms with Crippen molar-refractivity contribution < 1.29 is 12.8 Å². The van der Waals surface area contributed by atoms with Crippen molar-refractivity contribution in [2.24, 2.45) is 0 Å². The Morgan fingerprint density at radius 3 is 1.95 bits per heavy atom. The Bertz CT molecular complexity index is 610. The maximum absolute atomic E-state index is 13.4. The summed E-state index contributed by atoms with van der Waals surface area (Å²) in [5, 5.41) is 0. The second kappa shape index (κ2) is 5.66. The summed E-state index contributed by atoms with van der Waals surface area (Å²) in [6, 6.07) is 2.88. The van der Waals surface area contributed by atoms with Crippen molar-refractivity contribution in [1.82, 2.24) is 9.21 Å². The van der Waals surface area contributed by atoms with E-state index < -0.39 is 15.8 Å². The molecule has 0 saturated carbocycles. The van der Waals surface area contributed by atoms with Crippen LogP contribution in [0.5, 0.6) is 0 Å². The predicted molar refractivity (Wildman–Crippen MR) is 81.3 cm³/mol. The van der Waals surface area contributed by atoms with E-state index >= 15 is 0 Å². The van der Waals surface area contributed by atoms with Gasteiger partial charge in [0.1, 0.15) is 5.82 Å². The maximum Gasteiger partial charge on any atom is 0.243 e. The van der Waals surface area contributed by atoms with Crippen LogP contribution in [-0.2, 0) is 10.0 Å². The van der Waals surface area contributed by atoms with Gasteiger partial charge in [0.25, 0.3) is 0 Å². The molecule has 4 nitrogen and oxygen atoms in total. The molecule has 2 rings (SSSR count). The van der Waals surface area contributed by atoms with Crippen LogP contribution in [0.4, 0.5) is 4.39 Å². The molecule has 1 aromatic carbocycles. The summed E-state index contributed by atoms with van der Waals surface area (Å²) in [6.07, 6.45) is 0. The van der Waals surface area contributed by atoms with Crippen molar-refractivity contribution in [1.29, 1.82) is 0 Å². The zero-order chi connectivity index (χ0) is 15.9. The molecule has 6 heteroatoms. The van der Waals surface area contributed by atoms with Crippen LogP contribution in [0.3, 0.4) is 0 Å². The minimum atomic E-state index is -3.59. The Balaban J connectivity index is 2.44. The van der Waals surface area contributed by atoms with Crippen molar-refractivity contribution in [2.75, 3.05) is 20.1 Å². The number of hydrogen-bond donors (Lipinski definition) is 0. The normalized spacial score (nSPS) is 25.2. The Morgan fingerprint density at radius 1 is 1.10 bits per heavy atom. The Labute approximate surface area is 126 Å². The van der Waals surface area contributed by atoms with Crippen LogP contribution in [0.25, 0.3) is 0 Å². The van der Waals surface area contributed by atoms with Gasteiger partial charge in [-0.05, 0) is 58.0 Å². The molecule has 0 amide bonds. The highest BCUT2D eigenvalue weighted by Crippen LogP contribution is 2.27. The summed E-state index contributed by atoms with van der Waals surface area (Å²) in [5.74, 6) is -0.399. The molecule has 21 heavy (non-hydrogen) atoms. The second-order valence-electron chi connectivity index (χ2n) is 6.05. The molecular weight excluding hydrogens is 291 g/mol. The van der Waals surface area contributed by atoms with Gasteiger partial charge in [-0.15, -0.1) is 0 Å². The van der Waals surface area contributed by atoms with Gasteiger partial charge in [-0.1, -0.05) is 0 Å². The van der Waals surface area contributed by atoms with E-state index in [0.29, 0.717) is 24.2 Å². The molecule has 1 aliphatic rings. The summed E-state index contributed by atoms with van der Waals surface area (Å²) >= 11 is 0. The zero-order valence-corrected chi connectivity index (χ0v) is 14.0. The molecule has 0 N–H and O–H groups in total. The summed E-state index contributed by atoms with van der Waals surface area (Å²) in [5.41, 5.74) is 0.929. The van der Waals surface area contributed by atoms with Crippen molar-refractivity contribution in [2.45, 2.75) is 44.7 Å². The highest BCUT2D eigenvalue weighted by Gasteiger charge is 2.35. The van der Waals surface area contributed by atoms with E-state index in [1.54, 1.807) is 13.8 Å². The molecule has 1 aromatic rings. The number of aryl methyl sites for hydroxylation is 2. The van der Waals surface area contributed by atoms with E-state index in [2.05, 4.69) is 4.90 Å². The third-order valence-electron chi connectivity index (χ3n) is 4.35. The lowest BCUT2D eigenvalue weighted by atomic mass is 10.1. The lowest BCUT2D eigenvalue weighted by Crippen LogP contribution is -2.56. The van der Waals surface area contributed by atoms with Crippen LogP contribution in [0.15, 0.2) is 17.0 Å². The molecule has 118 valence electrons. The van der Waals surface area contributed by atoms with Crippen LogP contribution < -0.4 is 0 Å². The molecule has 1 aliphatic heterocycles. The third-order valence-corrected chi connectivity index (χ3v) is 6.49. The van der Waals surface area contributed by atoms with Gasteiger partial charge in [-0.25, -0.2) is 12.8 Å². The van der Waals surface area contributed by atoms with E-state index in [0.717, 1.165) is 0 Å². The topological polar surface area (TPSA) is 40.6 Å². The van der Waals surface area contributed by atoms with E-state index in [1.165, 1.54) is 16.4 Å². The molecule has 2 unspecified atom stereocenters. The molecule has 0 bridgehead atoms. The summed E-state index contributed by atoms with van der Waals surface area (Å²) in [4.78, 5) is 2.42. The van der Waals surface area contributed by atoms with Crippen molar-refractivity contribution in [3.05, 3.63) is 29.1 Å². The van der Waals surface area contributed by atoms with Crippen LogP contribution >= 0.6 is 0 Å². The Kier molecular flexibility index (Phi) is 4.42. The van der Waals surface area contributed by atoms with E-state index in [1.807, 2.05) is 20.9 Å². The average molecular weight is 314 g/mol. The van der Waals surface area contributed by atoms with Gasteiger partial charge in [-0.2, -0.15) is 4.31 Å². The number of halogens is 1. The zero-order valence-electron chi connectivity index (χ0n) is 13.2. The summed E-state index contributed by atoms with van der Waals surface area (Å²) in [6.45, 7) is 8.24. The van der Waals surface area contributed by atoms with Crippen LogP contribution in [0.1, 0.15) is 25.0 Å². The smallest absolute Gasteiger partial charge is 0.243 e. The number of nitrogens with zero attached hydrogens (tertiary/aromatic N) is 2.